The van der Waals surface area contributed by atoms with Crippen LogP contribution < -0.4 is 10.5 Å². The summed E-state index contributed by atoms with van der Waals surface area (Å²) >= 11 is 0. The Morgan fingerprint density at radius 2 is 1.75 bits per heavy atom. The fourth-order valence-electron chi connectivity index (χ4n) is 6.39. The first kappa shape index (κ1) is 30.2. The van der Waals surface area contributed by atoms with Crippen molar-refractivity contribution in [1.29, 1.82) is 0 Å². The minimum Gasteiger partial charge on any atom is -0.484 e. The first-order chi connectivity index (χ1) is 19.4. The molecule has 0 aromatic heterocycles. The van der Waals surface area contributed by atoms with Gasteiger partial charge in [-0.3, -0.25) is 9.59 Å². The van der Waals surface area contributed by atoms with E-state index in [1.54, 1.807) is 0 Å². The maximum absolute atomic E-state index is 13.6. The number of ether oxygens (including phenoxy) is 1. The van der Waals surface area contributed by atoms with Crippen LogP contribution in [0.15, 0.2) is 23.2 Å². The van der Waals surface area contributed by atoms with Gasteiger partial charge in [-0.15, -0.1) is 0 Å². The number of aliphatic hydroxyl groups excluding tert-OH is 1. The van der Waals surface area contributed by atoms with E-state index in [0.717, 1.165) is 69.0 Å². The second-order valence-corrected chi connectivity index (χ2v) is 11.8. The van der Waals surface area contributed by atoms with Crippen molar-refractivity contribution in [3.63, 3.8) is 0 Å². The highest BCUT2D eigenvalue weighted by molar-refractivity contribution is 5.90. The van der Waals surface area contributed by atoms with Gasteiger partial charge in [-0.2, -0.15) is 0 Å². The van der Waals surface area contributed by atoms with Gasteiger partial charge >= 0.3 is 0 Å². The molecule has 9 heteroatoms. The standard InChI is InChI=1S/C31H49N5O4/c1-3-4-7-16-29(38)36(25-14-10-6-11-15-25)31-33-27-19-26(40-22-28(32)37)18-17-23(27)20-35(31)21-30(39)34(2)24-12-8-5-9-13-24/h17-19,24-25,29,38H,3-16,20-22H2,1-2H3,(H2,32,37). The van der Waals surface area contributed by atoms with Gasteiger partial charge in [0.2, 0.25) is 11.9 Å². The average Bonchev–Trinajstić information content (AvgIpc) is 2.97. The number of unbranched alkanes of at least 4 members (excludes halogenated alkanes) is 2. The summed E-state index contributed by atoms with van der Waals surface area (Å²) in [4.78, 5) is 36.1. The van der Waals surface area contributed by atoms with Crippen molar-refractivity contribution in [3.05, 3.63) is 23.8 Å². The summed E-state index contributed by atoms with van der Waals surface area (Å²) in [6.45, 7) is 2.70. The van der Waals surface area contributed by atoms with E-state index >= 15 is 0 Å². The molecule has 4 rings (SSSR count). The minimum atomic E-state index is -0.669. The molecule has 0 saturated heterocycles. The first-order valence-electron chi connectivity index (χ1n) is 15.5. The number of primary amides is 1. The number of carbonyl (C=O) groups excluding carboxylic acids is 2. The van der Waals surface area contributed by atoms with Crippen molar-refractivity contribution in [2.45, 2.75) is 122 Å². The van der Waals surface area contributed by atoms with Crippen LogP contribution in [0.5, 0.6) is 5.75 Å². The maximum Gasteiger partial charge on any atom is 0.255 e. The lowest BCUT2D eigenvalue weighted by Gasteiger charge is -2.45. The summed E-state index contributed by atoms with van der Waals surface area (Å²) < 4.78 is 5.57. The molecule has 0 radical (unpaired) electrons. The molecule has 1 aliphatic heterocycles. The summed E-state index contributed by atoms with van der Waals surface area (Å²) in [5.74, 6) is 0.747. The lowest BCUT2D eigenvalue weighted by Crippen LogP contribution is -2.56. The van der Waals surface area contributed by atoms with Crippen LogP contribution in [0.2, 0.25) is 0 Å². The van der Waals surface area contributed by atoms with Crippen LogP contribution >= 0.6 is 0 Å². The Hall–Kier alpha value is -2.81. The molecule has 1 aromatic carbocycles. The van der Waals surface area contributed by atoms with Crippen LogP contribution in [-0.2, 0) is 16.1 Å². The van der Waals surface area contributed by atoms with Gasteiger partial charge in [0.05, 0.1) is 5.69 Å². The lowest BCUT2D eigenvalue weighted by atomic mass is 9.93. The van der Waals surface area contributed by atoms with Gasteiger partial charge in [0, 0.05) is 31.7 Å². The zero-order valence-corrected chi connectivity index (χ0v) is 24.5. The van der Waals surface area contributed by atoms with Gasteiger partial charge in [0.25, 0.3) is 5.91 Å². The Morgan fingerprint density at radius 1 is 1.07 bits per heavy atom. The molecule has 0 bridgehead atoms. The molecule has 1 unspecified atom stereocenters. The largest absolute Gasteiger partial charge is 0.484 e. The van der Waals surface area contributed by atoms with Crippen molar-refractivity contribution in [2.75, 3.05) is 20.2 Å². The molecular formula is C31H49N5O4. The Morgan fingerprint density at radius 3 is 2.40 bits per heavy atom. The number of nitrogens with zero attached hydrogens (tertiary/aromatic N) is 4. The highest BCUT2D eigenvalue weighted by Crippen LogP contribution is 2.34. The number of carbonyl (C=O) groups is 2. The zero-order valence-electron chi connectivity index (χ0n) is 24.5. The zero-order chi connectivity index (χ0) is 28.5. The Labute approximate surface area is 239 Å². The summed E-state index contributed by atoms with van der Waals surface area (Å²) in [5.41, 5.74) is 7.00. The van der Waals surface area contributed by atoms with Crippen LogP contribution in [0, 0.1) is 0 Å². The Kier molecular flexibility index (Phi) is 11.1. The fraction of sp³-hybridized carbons (Fsp3) is 0.710. The smallest absolute Gasteiger partial charge is 0.255 e. The van der Waals surface area contributed by atoms with Crippen molar-refractivity contribution in [2.24, 2.45) is 10.7 Å². The van der Waals surface area contributed by atoms with E-state index < -0.39 is 12.1 Å². The number of aliphatic hydroxyl groups is 1. The van der Waals surface area contributed by atoms with E-state index in [0.29, 0.717) is 24.7 Å². The number of amides is 2. The monoisotopic (exact) mass is 555 g/mol. The number of aliphatic imine (C=N–C) groups is 1. The van der Waals surface area contributed by atoms with Crippen LogP contribution in [0.1, 0.15) is 102 Å². The molecule has 40 heavy (non-hydrogen) atoms. The molecule has 3 aliphatic rings. The number of rotatable bonds is 12. The Bertz CT molecular complexity index is 1020. The molecule has 1 heterocycles. The van der Waals surface area contributed by atoms with Crippen molar-refractivity contribution >= 4 is 23.5 Å². The molecule has 1 atom stereocenters. The van der Waals surface area contributed by atoms with Crippen molar-refractivity contribution < 1.29 is 19.4 Å². The molecule has 2 amide bonds. The highest BCUT2D eigenvalue weighted by atomic mass is 16.5. The minimum absolute atomic E-state index is 0.0912. The van der Waals surface area contributed by atoms with Gasteiger partial charge in [-0.25, -0.2) is 4.99 Å². The maximum atomic E-state index is 13.6. The fourth-order valence-corrected chi connectivity index (χ4v) is 6.39. The van der Waals surface area contributed by atoms with Gasteiger partial charge < -0.3 is 30.3 Å². The van der Waals surface area contributed by atoms with Crippen LogP contribution in [0.3, 0.4) is 0 Å². The SMILES string of the molecule is CCCCCC(O)N(C1=Nc2cc(OCC(N)=O)ccc2CN1CC(=O)N(C)C1CCCCC1)C1CCCCC1. The molecule has 2 aliphatic carbocycles. The third kappa shape index (κ3) is 7.89. The number of hydrogen-bond acceptors (Lipinski definition) is 7. The summed E-state index contributed by atoms with van der Waals surface area (Å²) in [5, 5.41) is 11.6. The van der Waals surface area contributed by atoms with E-state index in [4.69, 9.17) is 15.5 Å². The van der Waals surface area contributed by atoms with E-state index in [1.165, 1.54) is 25.7 Å². The summed E-state index contributed by atoms with van der Waals surface area (Å²) in [7, 11) is 1.94. The van der Waals surface area contributed by atoms with Gasteiger partial charge in [-0.05, 0) is 50.2 Å². The molecule has 222 valence electrons. The van der Waals surface area contributed by atoms with Gasteiger partial charge in [0.15, 0.2) is 6.61 Å². The molecule has 1 aromatic rings. The van der Waals surface area contributed by atoms with E-state index in [2.05, 4.69) is 16.7 Å². The second-order valence-electron chi connectivity index (χ2n) is 11.8. The Balaban J connectivity index is 1.65. The molecular weight excluding hydrogens is 506 g/mol. The average molecular weight is 556 g/mol. The van der Waals surface area contributed by atoms with Crippen LogP contribution in [-0.4, -0.2) is 76.1 Å². The number of fused-ring (bicyclic) bond motifs is 1. The van der Waals surface area contributed by atoms with E-state index in [-0.39, 0.29) is 31.1 Å². The number of likely N-dealkylation sites (N-methyl/N-ethyl adjacent to an activating group) is 1. The number of nitrogens with two attached hydrogens (primary N) is 1. The van der Waals surface area contributed by atoms with E-state index in [1.807, 2.05) is 30.1 Å². The normalized spacial score (nSPS) is 19.0. The van der Waals surface area contributed by atoms with Gasteiger partial charge in [0.1, 0.15) is 18.5 Å². The van der Waals surface area contributed by atoms with Crippen molar-refractivity contribution in [1.82, 2.24) is 14.7 Å². The number of guanidine groups is 1. The molecule has 0 spiro atoms. The molecule has 9 nitrogen and oxygen atoms in total. The molecule has 2 fully saturated rings. The van der Waals surface area contributed by atoms with Crippen LogP contribution in [0.4, 0.5) is 5.69 Å². The number of benzene rings is 1. The predicted octanol–water partition coefficient (Wildman–Crippen LogP) is 4.68. The topological polar surface area (TPSA) is 112 Å². The molecule has 3 N–H and O–H groups in total. The lowest BCUT2D eigenvalue weighted by molar-refractivity contribution is -0.133. The summed E-state index contributed by atoms with van der Waals surface area (Å²) in [6.07, 6.45) is 14.3. The third-order valence-electron chi connectivity index (χ3n) is 8.73. The highest BCUT2D eigenvalue weighted by Gasteiger charge is 2.36. The summed E-state index contributed by atoms with van der Waals surface area (Å²) in [6, 6.07) is 6.05. The predicted molar refractivity (Wildman–Crippen MR) is 157 cm³/mol. The van der Waals surface area contributed by atoms with E-state index in [9.17, 15) is 14.7 Å². The van der Waals surface area contributed by atoms with Gasteiger partial charge in [-0.1, -0.05) is 64.4 Å². The van der Waals surface area contributed by atoms with Crippen LogP contribution in [0.25, 0.3) is 0 Å². The second kappa shape index (κ2) is 14.7. The third-order valence-corrected chi connectivity index (χ3v) is 8.73. The first-order valence-corrected chi connectivity index (χ1v) is 15.5. The number of hydrogen-bond donors (Lipinski definition) is 2. The molecule has 2 saturated carbocycles. The van der Waals surface area contributed by atoms with Crippen molar-refractivity contribution in [3.8, 4) is 5.75 Å². The quantitative estimate of drug-likeness (QED) is 0.286.